The molecule has 1 aromatic carbocycles. The minimum Gasteiger partial charge on any atom is -0.496 e. The van der Waals surface area contributed by atoms with Crippen LogP contribution in [0.25, 0.3) is 0 Å². The Hall–Kier alpha value is -2.15. The average molecular weight is 291 g/mol. The van der Waals surface area contributed by atoms with E-state index in [1.165, 1.54) is 25.3 Å². The maximum Gasteiger partial charge on any atom is 0.270 e. The van der Waals surface area contributed by atoms with Gasteiger partial charge in [-0.15, -0.1) is 0 Å². The second-order valence-corrected chi connectivity index (χ2v) is 5.53. The van der Waals surface area contributed by atoms with Gasteiger partial charge in [0, 0.05) is 38.3 Å². The molecule has 2 fully saturated rings. The van der Waals surface area contributed by atoms with E-state index in [9.17, 15) is 14.9 Å². The Morgan fingerprint density at radius 3 is 2.62 bits per heavy atom. The monoisotopic (exact) mass is 291 g/mol. The Bertz CT molecular complexity index is 578. The fourth-order valence-corrected chi connectivity index (χ4v) is 3.17. The minimum absolute atomic E-state index is 0.0970. The van der Waals surface area contributed by atoms with Crippen LogP contribution in [0.5, 0.6) is 5.75 Å². The minimum atomic E-state index is -0.501. The van der Waals surface area contributed by atoms with Crippen molar-refractivity contribution in [1.29, 1.82) is 0 Å². The van der Waals surface area contributed by atoms with Gasteiger partial charge in [-0.2, -0.15) is 0 Å². The van der Waals surface area contributed by atoms with E-state index in [1.807, 2.05) is 0 Å². The summed E-state index contributed by atoms with van der Waals surface area (Å²) in [7, 11) is 1.46. The van der Waals surface area contributed by atoms with Gasteiger partial charge in [-0.3, -0.25) is 14.9 Å². The summed E-state index contributed by atoms with van der Waals surface area (Å²) in [6.07, 6.45) is 0. The smallest absolute Gasteiger partial charge is 0.270 e. The molecule has 1 amide bonds. The summed E-state index contributed by atoms with van der Waals surface area (Å²) in [5.41, 5.74) is 0.167. The van der Waals surface area contributed by atoms with Gasteiger partial charge in [-0.1, -0.05) is 0 Å². The molecule has 0 saturated carbocycles. The maximum absolute atomic E-state index is 12.6. The van der Waals surface area contributed by atoms with Crippen molar-refractivity contribution in [2.24, 2.45) is 11.8 Å². The molecule has 2 saturated heterocycles. The zero-order valence-corrected chi connectivity index (χ0v) is 11.7. The molecule has 7 heteroatoms. The van der Waals surface area contributed by atoms with Gasteiger partial charge < -0.3 is 15.0 Å². The van der Waals surface area contributed by atoms with Crippen molar-refractivity contribution in [3.8, 4) is 5.75 Å². The standard InChI is InChI=1S/C14H17N3O4/c1-21-13-3-2-11(17(19)20)4-12(13)14(18)16-7-9-5-15-6-10(9)8-16/h2-4,9-10,15H,5-8H2,1H3/t9-,10+. The van der Waals surface area contributed by atoms with Crippen molar-refractivity contribution in [3.05, 3.63) is 33.9 Å². The third-order valence-electron chi connectivity index (χ3n) is 4.30. The van der Waals surface area contributed by atoms with Gasteiger partial charge in [0.2, 0.25) is 0 Å². The van der Waals surface area contributed by atoms with Crippen LogP contribution in [-0.4, -0.2) is 49.0 Å². The molecular weight excluding hydrogens is 274 g/mol. The van der Waals surface area contributed by atoms with Crippen molar-refractivity contribution in [3.63, 3.8) is 0 Å². The number of fused-ring (bicyclic) bond motifs is 1. The number of carbonyl (C=O) groups is 1. The number of hydrogen-bond acceptors (Lipinski definition) is 5. The van der Waals surface area contributed by atoms with Crippen molar-refractivity contribution in [2.45, 2.75) is 0 Å². The van der Waals surface area contributed by atoms with Gasteiger partial charge in [-0.25, -0.2) is 0 Å². The van der Waals surface area contributed by atoms with E-state index in [0.717, 1.165) is 13.1 Å². The number of nitrogens with one attached hydrogen (secondary N) is 1. The van der Waals surface area contributed by atoms with Gasteiger partial charge in [0.25, 0.3) is 11.6 Å². The molecule has 2 aliphatic heterocycles. The van der Waals surface area contributed by atoms with Crippen LogP contribution in [0.4, 0.5) is 5.69 Å². The van der Waals surface area contributed by atoms with Gasteiger partial charge in [-0.05, 0) is 17.9 Å². The molecule has 1 N–H and O–H groups in total. The molecule has 21 heavy (non-hydrogen) atoms. The first-order valence-electron chi connectivity index (χ1n) is 6.92. The fraction of sp³-hybridized carbons (Fsp3) is 0.500. The van der Waals surface area contributed by atoms with Gasteiger partial charge in [0.05, 0.1) is 17.6 Å². The normalized spacial score (nSPS) is 24.0. The Labute approximate surface area is 122 Å². The van der Waals surface area contributed by atoms with Crippen molar-refractivity contribution in [1.82, 2.24) is 10.2 Å². The summed E-state index contributed by atoms with van der Waals surface area (Å²) in [6, 6.07) is 4.12. The highest BCUT2D eigenvalue weighted by molar-refractivity contribution is 5.97. The first-order valence-corrected chi connectivity index (χ1v) is 6.92. The topological polar surface area (TPSA) is 84.7 Å². The molecule has 0 aliphatic carbocycles. The predicted octanol–water partition coefficient (Wildman–Crippen LogP) is 0.895. The number of non-ortho nitro benzene ring substituents is 1. The van der Waals surface area contributed by atoms with Crippen LogP contribution >= 0.6 is 0 Å². The van der Waals surface area contributed by atoms with E-state index in [1.54, 1.807) is 4.90 Å². The van der Waals surface area contributed by atoms with E-state index >= 15 is 0 Å². The molecule has 2 aliphatic rings. The highest BCUT2D eigenvalue weighted by Gasteiger charge is 2.39. The number of amides is 1. The zero-order chi connectivity index (χ0) is 15.0. The second-order valence-electron chi connectivity index (χ2n) is 5.53. The lowest BCUT2D eigenvalue weighted by molar-refractivity contribution is -0.384. The third-order valence-corrected chi connectivity index (χ3v) is 4.30. The molecule has 0 spiro atoms. The average Bonchev–Trinajstić information content (AvgIpc) is 3.06. The Morgan fingerprint density at radius 2 is 2.05 bits per heavy atom. The third kappa shape index (κ3) is 2.44. The largest absolute Gasteiger partial charge is 0.496 e. The summed E-state index contributed by atoms with van der Waals surface area (Å²) in [4.78, 5) is 24.8. The molecule has 0 aromatic heterocycles. The summed E-state index contributed by atoms with van der Waals surface area (Å²) >= 11 is 0. The lowest BCUT2D eigenvalue weighted by Crippen LogP contribution is -2.32. The summed E-state index contributed by atoms with van der Waals surface area (Å²) < 4.78 is 5.17. The molecule has 0 unspecified atom stereocenters. The highest BCUT2D eigenvalue weighted by Crippen LogP contribution is 2.30. The molecule has 112 valence electrons. The number of nitrogens with zero attached hydrogens (tertiary/aromatic N) is 2. The number of ether oxygens (including phenoxy) is 1. The number of benzene rings is 1. The van der Waals surface area contributed by atoms with E-state index in [2.05, 4.69) is 5.32 Å². The Morgan fingerprint density at radius 1 is 1.38 bits per heavy atom. The number of carbonyl (C=O) groups excluding carboxylic acids is 1. The van der Waals surface area contributed by atoms with E-state index in [-0.39, 0.29) is 17.2 Å². The number of likely N-dealkylation sites (tertiary alicyclic amines) is 1. The summed E-state index contributed by atoms with van der Waals surface area (Å²) in [6.45, 7) is 3.26. The number of hydrogen-bond donors (Lipinski definition) is 1. The molecule has 0 bridgehead atoms. The number of rotatable bonds is 3. The summed E-state index contributed by atoms with van der Waals surface area (Å²) in [5, 5.41) is 14.2. The Kier molecular flexibility index (Phi) is 3.50. The van der Waals surface area contributed by atoms with E-state index in [4.69, 9.17) is 4.74 Å². The lowest BCUT2D eigenvalue weighted by atomic mass is 10.0. The lowest BCUT2D eigenvalue weighted by Gasteiger charge is -2.18. The number of methoxy groups -OCH3 is 1. The van der Waals surface area contributed by atoms with Gasteiger partial charge in [0.1, 0.15) is 5.75 Å². The van der Waals surface area contributed by atoms with E-state index < -0.39 is 4.92 Å². The van der Waals surface area contributed by atoms with Gasteiger partial charge in [0.15, 0.2) is 0 Å². The van der Waals surface area contributed by atoms with Crippen LogP contribution in [-0.2, 0) is 0 Å². The van der Waals surface area contributed by atoms with E-state index in [0.29, 0.717) is 30.7 Å². The van der Waals surface area contributed by atoms with Crippen LogP contribution in [0.3, 0.4) is 0 Å². The van der Waals surface area contributed by atoms with Crippen LogP contribution in [0.2, 0.25) is 0 Å². The second kappa shape index (κ2) is 5.33. The molecule has 2 atom stereocenters. The van der Waals surface area contributed by atoms with Crippen LogP contribution < -0.4 is 10.1 Å². The van der Waals surface area contributed by atoms with Gasteiger partial charge >= 0.3 is 0 Å². The molecule has 3 rings (SSSR count). The van der Waals surface area contributed by atoms with Crippen molar-refractivity contribution >= 4 is 11.6 Å². The molecule has 0 radical (unpaired) electrons. The van der Waals surface area contributed by atoms with Crippen LogP contribution in [0, 0.1) is 22.0 Å². The SMILES string of the molecule is COc1ccc([N+](=O)[O-])cc1C(=O)N1C[C@H]2CNC[C@H]2C1. The van der Waals surface area contributed by atoms with Crippen molar-refractivity contribution < 1.29 is 14.5 Å². The molecule has 7 nitrogen and oxygen atoms in total. The molecule has 1 aromatic rings. The predicted molar refractivity (Wildman–Crippen MR) is 75.4 cm³/mol. The zero-order valence-electron chi connectivity index (χ0n) is 11.7. The van der Waals surface area contributed by atoms with Crippen LogP contribution in [0.1, 0.15) is 10.4 Å². The number of nitro benzene ring substituents is 1. The first-order chi connectivity index (χ1) is 10.1. The number of nitro groups is 1. The summed E-state index contributed by atoms with van der Waals surface area (Å²) in [5.74, 6) is 1.16. The molecule has 2 heterocycles. The Balaban J connectivity index is 1.86. The first kappa shape index (κ1) is 13.8. The quantitative estimate of drug-likeness (QED) is 0.660. The fourth-order valence-electron chi connectivity index (χ4n) is 3.17. The highest BCUT2D eigenvalue weighted by atomic mass is 16.6. The maximum atomic E-state index is 12.6. The van der Waals surface area contributed by atoms with Crippen LogP contribution in [0.15, 0.2) is 18.2 Å². The molecular formula is C14H17N3O4. The van der Waals surface area contributed by atoms with Crippen molar-refractivity contribution in [2.75, 3.05) is 33.3 Å².